The third kappa shape index (κ3) is 3.58. The van der Waals surface area contributed by atoms with Crippen molar-refractivity contribution in [2.45, 2.75) is 51.5 Å². The summed E-state index contributed by atoms with van der Waals surface area (Å²) in [6.45, 7) is 3.18. The van der Waals surface area contributed by atoms with Gasteiger partial charge < -0.3 is 10.6 Å². The summed E-state index contributed by atoms with van der Waals surface area (Å²) < 4.78 is 0. The van der Waals surface area contributed by atoms with E-state index in [4.69, 9.17) is 0 Å². The van der Waals surface area contributed by atoms with Crippen molar-refractivity contribution in [1.29, 1.82) is 0 Å². The first-order valence-corrected chi connectivity index (χ1v) is 8.34. The Hall–Kier alpha value is -1.51. The third-order valence-electron chi connectivity index (χ3n) is 4.98. The SMILES string of the molecule is CC1CCCC(CNC(=O)C2CCc3ccccc3N2)C1. The highest BCUT2D eigenvalue weighted by molar-refractivity contribution is 5.85. The number of rotatable bonds is 3. The second-order valence-corrected chi connectivity index (χ2v) is 6.78. The van der Waals surface area contributed by atoms with Gasteiger partial charge in [-0.05, 0) is 49.1 Å². The van der Waals surface area contributed by atoms with Crippen molar-refractivity contribution in [3.63, 3.8) is 0 Å². The maximum Gasteiger partial charge on any atom is 0.242 e. The molecule has 21 heavy (non-hydrogen) atoms. The third-order valence-corrected chi connectivity index (χ3v) is 4.98. The number of hydrogen-bond acceptors (Lipinski definition) is 2. The summed E-state index contributed by atoms with van der Waals surface area (Å²) in [4.78, 5) is 12.4. The van der Waals surface area contributed by atoms with Gasteiger partial charge in [-0.25, -0.2) is 0 Å². The zero-order chi connectivity index (χ0) is 14.7. The zero-order valence-electron chi connectivity index (χ0n) is 12.9. The minimum atomic E-state index is -0.0686. The topological polar surface area (TPSA) is 41.1 Å². The molecule has 1 heterocycles. The van der Waals surface area contributed by atoms with E-state index in [1.165, 1.54) is 31.2 Å². The molecule has 0 radical (unpaired) electrons. The molecule has 1 amide bonds. The van der Waals surface area contributed by atoms with Crippen LogP contribution in [-0.4, -0.2) is 18.5 Å². The van der Waals surface area contributed by atoms with Gasteiger partial charge in [-0.15, -0.1) is 0 Å². The fourth-order valence-corrected chi connectivity index (χ4v) is 3.75. The first-order valence-electron chi connectivity index (χ1n) is 8.34. The number of hydrogen-bond donors (Lipinski definition) is 2. The Bertz CT molecular complexity index is 500. The number of aryl methyl sites for hydroxylation is 1. The molecule has 3 unspecified atom stereocenters. The number of fused-ring (bicyclic) bond motifs is 1. The second kappa shape index (κ2) is 6.50. The van der Waals surface area contributed by atoms with E-state index in [9.17, 15) is 4.79 Å². The maximum absolute atomic E-state index is 12.4. The summed E-state index contributed by atoms with van der Waals surface area (Å²) in [5.41, 5.74) is 2.44. The van der Waals surface area contributed by atoms with E-state index in [0.717, 1.165) is 31.0 Å². The molecule has 3 rings (SSSR count). The Morgan fingerprint density at radius 2 is 2.14 bits per heavy atom. The van der Waals surface area contributed by atoms with E-state index in [0.29, 0.717) is 5.92 Å². The highest BCUT2D eigenvalue weighted by atomic mass is 16.2. The Kier molecular flexibility index (Phi) is 4.47. The van der Waals surface area contributed by atoms with Crippen LogP contribution in [0.5, 0.6) is 0 Å². The van der Waals surface area contributed by atoms with E-state index >= 15 is 0 Å². The molecule has 3 nitrogen and oxygen atoms in total. The van der Waals surface area contributed by atoms with Gasteiger partial charge in [0.05, 0.1) is 0 Å². The van der Waals surface area contributed by atoms with Crippen molar-refractivity contribution < 1.29 is 4.79 Å². The second-order valence-electron chi connectivity index (χ2n) is 6.78. The van der Waals surface area contributed by atoms with Crippen molar-refractivity contribution >= 4 is 11.6 Å². The Balaban J connectivity index is 1.50. The Morgan fingerprint density at radius 1 is 1.29 bits per heavy atom. The van der Waals surface area contributed by atoms with Gasteiger partial charge >= 0.3 is 0 Å². The number of carbonyl (C=O) groups excluding carboxylic acids is 1. The molecule has 3 atom stereocenters. The standard InChI is InChI=1S/C18H26N2O/c1-13-5-4-6-14(11-13)12-19-18(21)17-10-9-15-7-2-3-8-16(15)20-17/h2-3,7-8,13-14,17,20H,4-6,9-12H2,1H3,(H,19,21). The zero-order valence-corrected chi connectivity index (χ0v) is 12.9. The molecular weight excluding hydrogens is 260 g/mol. The summed E-state index contributed by atoms with van der Waals surface area (Å²) in [5, 5.41) is 6.55. The van der Waals surface area contributed by atoms with E-state index in [2.05, 4.69) is 35.8 Å². The van der Waals surface area contributed by atoms with E-state index in [1.807, 2.05) is 6.07 Å². The van der Waals surface area contributed by atoms with Crippen LogP contribution in [0.4, 0.5) is 5.69 Å². The lowest BCUT2D eigenvalue weighted by molar-refractivity contribution is -0.122. The molecule has 1 aromatic carbocycles. The average molecular weight is 286 g/mol. The first kappa shape index (κ1) is 14.4. The van der Waals surface area contributed by atoms with Crippen LogP contribution in [0.1, 0.15) is 44.6 Å². The monoisotopic (exact) mass is 286 g/mol. The van der Waals surface area contributed by atoms with Crippen LogP contribution < -0.4 is 10.6 Å². The van der Waals surface area contributed by atoms with Gasteiger partial charge in [0.25, 0.3) is 0 Å². The van der Waals surface area contributed by atoms with Crippen LogP contribution in [0.2, 0.25) is 0 Å². The van der Waals surface area contributed by atoms with Crippen LogP contribution in [0, 0.1) is 11.8 Å². The van der Waals surface area contributed by atoms with Crippen LogP contribution in [0.25, 0.3) is 0 Å². The highest BCUT2D eigenvalue weighted by Gasteiger charge is 2.25. The van der Waals surface area contributed by atoms with Crippen LogP contribution in [-0.2, 0) is 11.2 Å². The van der Waals surface area contributed by atoms with E-state index in [-0.39, 0.29) is 11.9 Å². The normalized spacial score (nSPS) is 28.3. The molecule has 2 aliphatic rings. The smallest absolute Gasteiger partial charge is 0.242 e. The molecule has 2 N–H and O–H groups in total. The summed E-state index contributed by atoms with van der Waals surface area (Å²) in [5.74, 6) is 1.66. The molecule has 0 bridgehead atoms. The van der Waals surface area contributed by atoms with E-state index < -0.39 is 0 Å². The molecule has 1 aliphatic carbocycles. The van der Waals surface area contributed by atoms with Gasteiger partial charge in [0, 0.05) is 12.2 Å². The Labute approximate surface area is 127 Å². The average Bonchev–Trinajstić information content (AvgIpc) is 2.52. The predicted octanol–water partition coefficient (Wildman–Crippen LogP) is 3.36. The molecule has 0 spiro atoms. The molecular formula is C18H26N2O. The van der Waals surface area contributed by atoms with Crippen molar-refractivity contribution in [3.05, 3.63) is 29.8 Å². The minimum Gasteiger partial charge on any atom is -0.373 e. The molecule has 3 heteroatoms. The van der Waals surface area contributed by atoms with Crippen LogP contribution in [0.3, 0.4) is 0 Å². The molecule has 1 fully saturated rings. The van der Waals surface area contributed by atoms with Crippen LogP contribution in [0.15, 0.2) is 24.3 Å². The lowest BCUT2D eigenvalue weighted by Crippen LogP contribution is -2.43. The number of anilines is 1. The lowest BCUT2D eigenvalue weighted by atomic mass is 9.82. The van der Waals surface area contributed by atoms with Gasteiger partial charge in [-0.3, -0.25) is 4.79 Å². The Morgan fingerprint density at radius 3 is 3.00 bits per heavy atom. The van der Waals surface area contributed by atoms with Crippen LogP contribution >= 0.6 is 0 Å². The van der Waals surface area contributed by atoms with Crippen molar-refractivity contribution in [2.75, 3.05) is 11.9 Å². The number of benzene rings is 1. The predicted molar refractivity (Wildman–Crippen MR) is 86.3 cm³/mol. The lowest BCUT2D eigenvalue weighted by Gasteiger charge is -2.29. The van der Waals surface area contributed by atoms with Gasteiger partial charge in [-0.1, -0.05) is 38.0 Å². The number of carbonyl (C=O) groups is 1. The quantitative estimate of drug-likeness (QED) is 0.894. The number of amides is 1. The van der Waals surface area contributed by atoms with Crippen molar-refractivity contribution in [3.8, 4) is 0 Å². The molecule has 0 saturated heterocycles. The number of nitrogens with one attached hydrogen (secondary N) is 2. The minimum absolute atomic E-state index is 0.0686. The maximum atomic E-state index is 12.4. The van der Waals surface area contributed by atoms with Gasteiger partial charge in [0.1, 0.15) is 6.04 Å². The summed E-state index contributed by atoms with van der Waals surface area (Å²) in [6.07, 6.45) is 7.08. The molecule has 1 aromatic rings. The molecule has 114 valence electrons. The molecule has 1 saturated carbocycles. The molecule has 1 aliphatic heterocycles. The van der Waals surface area contributed by atoms with Crippen molar-refractivity contribution in [1.82, 2.24) is 5.32 Å². The van der Waals surface area contributed by atoms with Gasteiger partial charge in [0.15, 0.2) is 0 Å². The summed E-state index contributed by atoms with van der Waals surface area (Å²) in [6, 6.07) is 8.22. The summed E-state index contributed by atoms with van der Waals surface area (Å²) >= 11 is 0. The van der Waals surface area contributed by atoms with Gasteiger partial charge in [0.2, 0.25) is 5.91 Å². The van der Waals surface area contributed by atoms with E-state index in [1.54, 1.807) is 0 Å². The highest BCUT2D eigenvalue weighted by Crippen LogP contribution is 2.28. The largest absolute Gasteiger partial charge is 0.373 e. The molecule has 0 aromatic heterocycles. The number of para-hydroxylation sites is 1. The summed E-state index contributed by atoms with van der Waals surface area (Å²) in [7, 11) is 0. The van der Waals surface area contributed by atoms with Crippen molar-refractivity contribution in [2.24, 2.45) is 11.8 Å². The fourth-order valence-electron chi connectivity index (χ4n) is 3.75. The first-order chi connectivity index (χ1) is 10.2. The fraction of sp³-hybridized carbons (Fsp3) is 0.611. The van der Waals surface area contributed by atoms with Gasteiger partial charge in [-0.2, -0.15) is 0 Å².